The number of aromatic hydroxyl groups is 3. The fourth-order valence-corrected chi connectivity index (χ4v) is 2.02. The van der Waals surface area contributed by atoms with E-state index in [1.807, 2.05) is 0 Å². The number of carbonyl (C=O) groups is 1. The molecule has 5 nitrogen and oxygen atoms in total. The van der Waals surface area contributed by atoms with Crippen LogP contribution >= 0.6 is 0 Å². The number of ether oxygens (including phenoxy) is 1. The Bertz CT molecular complexity index is 795. The van der Waals surface area contributed by atoms with Crippen molar-refractivity contribution < 1.29 is 29.2 Å². The van der Waals surface area contributed by atoms with Gasteiger partial charge in [-0.25, -0.2) is 4.39 Å². The minimum atomic E-state index is -0.826. The molecule has 0 atom stereocenters. The largest absolute Gasteiger partial charge is 0.504 e. The molecule has 0 bridgehead atoms. The first-order valence-electron chi connectivity index (χ1n) is 5.95. The topological polar surface area (TPSA) is 87.0 Å². The van der Waals surface area contributed by atoms with E-state index in [0.717, 1.165) is 18.2 Å². The lowest BCUT2D eigenvalue weighted by Crippen LogP contribution is -1.98. The zero-order valence-electron chi connectivity index (χ0n) is 10.5. The Morgan fingerprint density at radius 1 is 1.05 bits per heavy atom. The van der Waals surface area contributed by atoms with Crippen molar-refractivity contribution in [1.82, 2.24) is 0 Å². The van der Waals surface area contributed by atoms with Crippen molar-refractivity contribution in [2.75, 3.05) is 0 Å². The lowest BCUT2D eigenvalue weighted by atomic mass is 10.1. The van der Waals surface area contributed by atoms with Crippen LogP contribution in [0.15, 0.2) is 36.1 Å². The third-order valence-electron chi connectivity index (χ3n) is 3.10. The summed E-state index contributed by atoms with van der Waals surface area (Å²) in [5.74, 6) is -3.29. The summed E-state index contributed by atoms with van der Waals surface area (Å²) in [5.41, 5.74) is 0.141. The summed E-state index contributed by atoms with van der Waals surface area (Å²) in [7, 11) is 0. The first kappa shape index (κ1) is 13.0. The molecule has 0 fully saturated rings. The van der Waals surface area contributed by atoms with E-state index >= 15 is 0 Å². The molecule has 0 spiro atoms. The van der Waals surface area contributed by atoms with Gasteiger partial charge in [0.25, 0.3) is 0 Å². The van der Waals surface area contributed by atoms with Crippen molar-refractivity contribution in [3.63, 3.8) is 0 Å². The average Bonchev–Trinajstić information content (AvgIpc) is 2.77. The highest BCUT2D eigenvalue weighted by Crippen LogP contribution is 2.44. The summed E-state index contributed by atoms with van der Waals surface area (Å²) in [6.45, 7) is 0. The van der Waals surface area contributed by atoms with Crippen LogP contribution < -0.4 is 4.74 Å². The van der Waals surface area contributed by atoms with Gasteiger partial charge in [0.2, 0.25) is 11.5 Å². The minimum Gasteiger partial charge on any atom is -0.504 e. The zero-order chi connectivity index (χ0) is 15.1. The average molecular weight is 288 g/mol. The van der Waals surface area contributed by atoms with Crippen LogP contribution in [-0.2, 0) is 0 Å². The van der Waals surface area contributed by atoms with Crippen LogP contribution in [0.3, 0.4) is 0 Å². The van der Waals surface area contributed by atoms with E-state index in [-0.39, 0.29) is 22.6 Å². The Hall–Kier alpha value is -3.02. The van der Waals surface area contributed by atoms with Crippen molar-refractivity contribution in [2.45, 2.75) is 0 Å². The van der Waals surface area contributed by atoms with Gasteiger partial charge in [0, 0.05) is 5.56 Å². The quantitative estimate of drug-likeness (QED) is 0.554. The second-order valence-corrected chi connectivity index (χ2v) is 4.43. The van der Waals surface area contributed by atoms with Crippen molar-refractivity contribution in [1.29, 1.82) is 0 Å². The number of para-hydroxylation sites is 1. The number of rotatable bonds is 1. The lowest BCUT2D eigenvalue weighted by Gasteiger charge is -2.03. The van der Waals surface area contributed by atoms with Gasteiger partial charge >= 0.3 is 0 Å². The molecule has 106 valence electrons. The van der Waals surface area contributed by atoms with E-state index in [2.05, 4.69) is 0 Å². The van der Waals surface area contributed by atoms with Gasteiger partial charge in [-0.15, -0.1) is 0 Å². The molecule has 0 saturated carbocycles. The maximum Gasteiger partial charge on any atom is 0.232 e. The third kappa shape index (κ3) is 1.97. The number of Topliss-reactive ketones (excluding diaryl/α,β-unsaturated/α-hetero) is 1. The second kappa shape index (κ2) is 4.52. The van der Waals surface area contributed by atoms with Crippen molar-refractivity contribution in [3.05, 3.63) is 53.0 Å². The van der Waals surface area contributed by atoms with Crippen molar-refractivity contribution in [2.24, 2.45) is 0 Å². The summed E-state index contributed by atoms with van der Waals surface area (Å²) >= 11 is 0. The number of fused-ring (bicyclic) bond motifs is 1. The molecule has 2 aromatic rings. The molecule has 2 aromatic carbocycles. The first-order valence-corrected chi connectivity index (χ1v) is 5.95. The molecule has 6 heteroatoms. The summed E-state index contributed by atoms with van der Waals surface area (Å²) in [6, 6.07) is 6.32. The first-order chi connectivity index (χ1) is 9.99. The van der Waals surface area contributed by atoms with E-state index in [0.29, 0.717) is 0 Å². The molecule has 3 rings (SSSR count). The predicted molar refractivity (Wildman–Crippen MR) is 70.8 cm³/mol. The standard InChI is InChI=1S/C15H9FO5/c16-9-3-1-2-7(12(9)18)6-11-13(19)8-4-5-10(17)14(20)15(8)21-11/h1-6,17-18,20H/b11-6-. The molecule has 0 radical (unpaired) electrons. The molecule has 0 unspecified atom stereocenters. The SMILES string of the molecule is O=C1/C(=C/c2cccc(F)c2O)Oc2c1ccc(O)c2O. The number of allylic oxidation sites excluding steroid dienone is 1. The Morgan fingerprint density at radius 2 is 1.81 bits per heavy atom. The number of phenols is 3. The van der Waals surface area contributed by atoms with Crippen LogP contribution in [0, 0.1) is 5.82 Å². The number of carbonyl (C=O) groups excluding carboxylic acids is 1. The van der Waals surface area contributed by atoms with Crippen LogP contribution in [0.2, 0.25) is 0 Å². The molecule has 0 aromatic heterocycles. The van der Waals surface area contributed by atoms with E-state index in [1.165, 1.54) is 18.2 Å². The second-order valence-electron chi connectivity index (χ2n) is 4.43. The highest BCUT2D eigenvalue weighted by Gasteiger charge is 2.31. The molecule has 21 heavy (non-hydrogen) atoms. The lowest BCUT2D eigenvalue weighted by molar-refractivity contribution is 0.101. The number of hydrogen-bond donors (Lipinski definition) is 3. The molecule has 1 aliphatic heterocycles. The van der Waals surface area contributed by atoms with Gasteiger partial charge in [-0.1, -0.05) is 12.1 Å². The zero-order valence-corrected chi connectivity index (χ0v) is 10.5. The monoisotopic (exact) mass is 288 g/mol. The molecular weight excluding hydrogens is 279 g/mol. The fraction of sp³-hybridized carbons (Fsp3) is 0. The molecular formula is C15H9FO5. The maximum atomic E-state index is 13.3. The Kier molecular flexibility index (Phi) is 2.79. The number of hydrogen-bond acceptors (Lipinski definition) is 5. The van der Waals surface area contributed by atoms with Gasteiger partial charge in [-0.05, 0) is 24.3 Å². The van der Waals surface area contributed by atoms with Crippen LogP contribution in [0.4, 0.5) is 4.39 Å². The highest BCUT2D eigenvalue weighted by molar-refractivity contribution is 6.15. The van der Waals surface area contributed by atoms with E-state index in [1.54, 1.807) is 0 Å². The van der Waals surface area contributed by atoms with Crippen molar-refractivity contribution in [3.8, 4) is 23.0 Å². The number of benzene rings is 2. The van der Waals surface area contributed by atoms with Crippen molar-refractivity contribution >= 4 is 11.9 Å². The molecule has 0 aliphatic carbocycles. The van der Waals surface area contributed by atoms with Crippen LogP contribution in [0.25, 0.3) is 6.08 Å². The summed E-state index contributed by atoms with van der Waals surface area (Å²) < 4.78 is 18.4. The maximum absolute atomic E-state index is 13.3. The van der Waals surface area contributed by atoms with Crippen LogP contribution in [-0.4, -0.2) is 21.1 Å². The predicted octanol–water partition coefficient (Wildman–Crippen LogP) is 2.56. The number of phenolic OH excluding ortho intramolecular Hbond substituents is 3. The molecule has 0 amide bonds. The molecule has 0 saturated heterocycles. The summed E-state index contributed by atoms with van der Waals surface area (Å²) in [5, 5.41) is 28.6. The smallest absolute Gasteiger partial charge is 0.232 e. The van der Waals surface area contributed by atoms with Gasteiger partial charge < -0.3 is 20.1 Å². The van der Waals surface area contributed by atoms with Gasteiger partial charge in [0.05, 0.1) is 5.56 Å². The fourth-order valence-electron chi connectivity index (χ4n) is 2.02. The summed E-state index contributed by atoms with van der Waals surface area (Å²) in [6.07, 6.45) is 1.16. The van der Waals surface area contributed by atoms with Gasteiger partial charge in [0.15, 0.2) is 28.8 Å². The van der Waals surface area contributed by atoms with Gasteiger partial charge in [0.1, 0.15) is 0 Å². The molecule has 3 N–H and O–H groups in total. The highest BCUT2D eigenvalue weighted by atomic mass is 19.1. The third-order valence-corrected chi connectivity index (χ3v) is 3.10. The molecule has 1 aliphatic rings. The number of halogens is 1. The van der Waals surface area contributed by atoms with E-state index in [4.69, 9.17) is 4.74 Å². The van der Waals surface area contributed by atoms with Crippen LogP contribution in [0.1, 0.15) is 15.9 Å². The van der Waals surface area contributed by atoms with Gasteiger partial charge in [-0.3, -0.25) is 4.79 Å². The Labute approximate surface area is 118 Å². The van der Waals surface area contributed by atoms with E-state index < -0.39 is 28.8 Å². The molecule has 1 heterocycles. The Balaban J connectivity index is 2.07. The normalized spacial score (nSPS) is 15.1. The number of ketones is 1. The van der Waals surface area contributed by atoms with Crippen LogP contribution in [0.5, 0.6) is 23.0 Å². The van der Waals surface area contributed by atoms with E-state index in [9.17, 15) is 24.5 Å². The summed E-state index contributed by atoms with van der Waals surface area (Å²) in [4.78, 5) is 12.1. The van der Waals surface area contributed by atoms with Gasteiger partial charge in [-0.2, -0.15) is 0 Å². The minimum absolute atomic E-state index is 0.0647. The Morgan fingerprint density at radius 3 is 2.57 bits per heavy atom.